The molecule has 0 amide bonds. The van der Waals surface area contributed by atoms with Gasteiger partial charge in [0.05, 0.1) is 28.4 Å². The van der Waals surface area contributed by atoms with E-state index in [2.05, 4.69) is 10.2 Å². The maximum atomic E-state index is 10.4. The Morgan fingerprint density at radius 2 is 1.25 bits per heavy atom. The number of para-hydroxylation sites is 1. The quantitative estimate of drug-likeness (QED) is 0.783. The minimum absolute atomic E-state index is 0.0183. The summed E-state index contributed by atoms with van der Waals surface area (Å²) in [6, 6.07) is 6.40. The molecule has 24 heavy (non-hydrogen) atoms. The second-order valence-electron chi connectivity index (χ2n) is 4.52. The lowest BCUT2D eigenvalue weighted by Gasteiger charge is -2.18. The van der Waals surface area contributed by atoms with Crippen LogP contribution in [0.2, 0.25) is 0 Å². The lowest BCUT2D eigenvalue weighted by Crippen LogP contribution is -1.98. The number of methoxy groups -OCH3 is 4. The van der Waals surface area contributed by atoms with E-state index in [4.69, 9.17) is 18.9 Å². The summed E-state index contributed by atoms with van der Waals surface area (Å²) in [4.78, 5) is 0. The first-order chi connectivity index (χ1) is 11.6. The fourth-order valence-corrected chi connectivity index (χ4v) is 2.13. The number of phenolic OH excluding ortho intramolecular Hbond substituents is 2. The van der Waals surface area contributed by atoms with Crippen LogP contribution in [0.15, 0.2) is 34.5 Å². The van der Waals surface area contributed by atoms with Gasteiger partial charge >= 0.3 is 0 Å². The average Bonchev–Trinajstić information content (AvgIpc) is 2.60. The van der Waals surface area contributed by atoms with Crippen molar-refractivity contribution in [3.8, 4) is 34.5 Å². The first-order valence-corrected chi connectivity index (χ1v) is 6.87. The van der Waals surface area contributed by atoms with Crippen LogP contribution < -0.4 is 18.9 Å². The molecule has 0 saturated carbocycles. The highest BCUT2D eigenvalue weighted by Gasteiger charge is 2.27. The molecule has 0 heterocycles. The Balaban J connectivity index is 2.67. The van der Waals surface area contributed by atoms with Crippen LogP contribution in [0.1, 0.15) is 0 Å². The smallest absolute Gasteiger partial charge is 0.211 e. The van der Waals surface area contributed by atoms with Crippen molar-refractivity contribution >= 4 is 11.4 Å². The maximum Gasteiger partial charge on any atom is 0.211 e. The van der Waals surface area contributed by atoms with Crippen LogP contribution in [-0.4, -0.2) is 38.7 Å². The summed E-state index contributed by atoms with van der Waals surface area (Å²) < 4.78 is 20.9. The van der Waals surface area contributed by atoms with E-state index in [-0.39, 0.29) is 45.9 Å². The first kappa shape index (κ1) is 17.2. The molecule has 2 aromatic rings. The van der Waals surface area contributed by atoms with Gasteiger partial charge in [-0.3, -0.25) is 0 Å². The molecule has 0 aliphatic carbocycles. The number of hydrogen-bond donors (Lipinski definition) is 2. The van der Waals surface area contributed by atoms with E-state index in [9.17, 15) is 10.2 Å². The maximum absolute atomic E-state index is 10.4. The Morgan fingerprint density at radius 3 is 1.79 bits per heavy atom. The molecule has 0 saturated heterocycles. The standard InChI is InChI=1S/C16H18N2O6/c1-21-13-11(18-17-9-7-5-6-8-10(9)19)12(20)14(22-2)16(24-4)15(13)23-3/h5-8,19-20H,1-4H3. The second kappa shape index (κ2) is 7.40. The lowest BCUT2D eigenvalue weighted by atomic mass is 10.2. The van der Waals surface area contributed by atoms with Crippen molar-refractivity contribution in [3.05, 3.63) is 24.3 Å². The highest BCUT2D eigenvalue weighted by atomic mass is 16.5. The lowest BCUT2D eigenvalue weighted by molar-refractivity contribution is 0.295. The minimum Gasteiger partial charge on any atom is -0.506 e. The molecule has 0 spiro atoms. The van der Waals surface area contributed by atoms with Gasteiger partial charge in [0.15, 0.2) is 17.2 Å². The van der Waals surface area contributed by atoms with Gasteiger partial charge in [-0.1, -0.05) is 12.1 Å². The van der Waals surface area contributed by atoms with Crippen molar-refractivity contribution < 1.29 is 29.2 Å². The fourth-order valence-electron chi connectivity index (χ4n) is 2.13. The molecule has 0 aliphatic rings. The number of hydrogen-bond acceptors (Lipinski definition) is 8. The molecule has 0 atom stereocenters. The van der Waals surface area contributed by atoms with Crippen molar-refractivity contribution in [1.82, 2.24) is 0 Å². The molecule has 2 aromatic carbocycles. The molecule has 2 N–H and O–H groups in total. The van der Waals surface area contributed by atoms with Crippen LogP contribution in [0.3, 0.4) is 0 Å². The minimum atomic E-state index is -0.328. The number of phenols is 2. The summed E-state index contributed by atoms with van der Waals surface area (Å²) in [5.74, 6) is 0.128. The Bertz CT molecular complexity index is 761. The molecular weight excluding hydrogens is 316 g/mol. The summed E-state index contributed by atoms with van der Waals surface area (Å²) >= 11 is 0. The summed E-state index contributed by atoms with van der Waals surface area (Å²) in [6.45, 7) is 0. The summed E-state index contributed by atoms with van der Waals surface area (Å²) in [5.41, 5.74) is 0.211. The van der Waals surface area contributed by atoms with Gasteiger partial charge in [-0.05, 0) is 12.1 Å². The Morgan fingerprint density at radius 1 is 0.708 bits per heavy atom. The van der Waals surface area contributed by atoms with Gasteiger partial charge in [0.1, 0.15) is 11.4 Å². The third-order valence-electron chi connectivity index (χ3n) is 3.23. The van der Waals surface area contributed by atoms with Gasteiger partial charge in [-0.15, -0.1) is 10.2 Å². The Labute approximate surface area is 138 Å². The summed E-state index contributed by atoms with van der Waals surface area (Å²) in [6.07, 6.45) is 0. The van der Waals surface area contributed by atoms with E-state index in [0.717, 1.165) is 0 Å². The normalized spacial score (nSPS) is 10.7. The van der Waals surface area contributed by atoms with E-state index in [1.165, 1.54) is 34.5 Å². The van der Waals surface area contributed by atoms with Crippen molar-refractivity contribution in [2.75, 3.05) is 28.4 Å². The molecule has 0 radical (unpaired) electrons. The third-order valence-corrected chi connectivity index (χ3v) is 3.23. The Kier molecular flexibility index (Phi) is 5.31. The molecule has 0 unspecified atom stereocenters. The predicted octanol–water partition coefficient (Wildman–Crippen LogP) is 3.55. The van der Waals surface area contributed by atoms with Crippen molar-refractivity contribution in [1.29, 1.82) is 0 Å². The van der Waals surface area contributed by atoms with Crippen molar-refractivity contribution in [2.45, 2.75) is 0 Å². The number of rotatable bonds is 6. The van der Waals surface area contributed by atoms with E-state index < -0.39 is 0 Å². The van der Waals surface area contributed by atoms with Gasteiger partial charge in [0, 0.05) is 0 Å². The zero-order chi connectivity index (χ0) is 17.7. The number of nitrogens with zero attached hydrogens (tertiary/aromatic N) is 2. The number of aromatic hydroxyl groups is 2. The third kappa shape index (κ3) is 2.98. The van der Waals surface area contributed by atoms with Crippen LogP contribution in [0.5, 0.6) is 34.5 Å². The van der Waals surface area contributed by atoms with Crippen LogP contribution >= 0.6 is 0 Å². The van der Waals surface area contributed by atoms with Gasteiger partial charge in [-0.25, -0.2) is 0 Å². The van der Waals surface area contributed by atoms with E-state index >= 15 is 0 Å². The Hall–Kier alpha value is -3.16. The van der Waals surface area contributed by atoms with Gasteiger partial charge in [-0.2, -0.15) is 0 Å². The highest BCUT2D eigenvalue weighted by molar-refractivity contribution is 5.78. The van der Waals surface area contributed by atoms with E-state index in [1.807, 2.05) is 0 Å². The molecule has 0 aliphatic heterocycles. The number of azo groups is 1. The number of ether oxygens (including phenoxy) is 4. The highest BCUT2D eigenvalue weighted by Crippen LogP contribution is 2.57. The summed E-state index contributed by atoms with van der Waals surface area (Å²) in [7, 11) is 5.58. The van der Waals surface area contributed by atoms with Crippen LogP contribution in [0.25, 0.3) is 0 Å². The van der Waals surface area contributed by atoms with Crippen molar-refractivity contribution in [2.24, 2.45) is 10.2 Å². The summed E-state index contributed by atoms with van der Waals surface area (Å²) in [5, 5.41) is 28.1. The fraction of sp³-hybridized carbons (Fsp3) is 0.250. The zero-order valence-electron chi connectivity index (χ0n) is 13.7. The average molecular weight is 334 g/mol. The van der Waals surface area contributed by atoms with E-state index in [0.29, 0.717) is 0 Å². The topological polar surface area (TPSA) is 102 Å². The van der Waals surface area contributed by atoms with Crippen LogP contribution in [0.4, 0.5) is 11.4 Å². The predicted molar refractivity (Wildman–Crippen MR) is 86.6 cm³/mol. The molecule has 8 heteroatoms. The SMILES string of the molecule is COc1c(O)c(N=Nc2ccccc2O)c(OC)c(OC)c1OC. The number of benzene rings is 2. The molecule has 0 aromatic heterocycles. The van der Waals surface area contributed by atoms with Gasteiger partial charge in [0.2, 0.25) is 17.2 Å². The molecular formula is C16H18N2O6. The zero-order valence-corrected chi connectivity index (χ0v) is 13.7. The second-order valence-corrected chi connectivity index (χ2v) is 4.52. The van der Waals surface area contributed by atoms with Crippen LogP contribution in [0, 0.1) is 0 Å². The van der Waals surface area contributed by atoms with Gasteiger partial charge in [0.25, 0.3) is 0 Å². The largest absolute Gasteiger partial charge is 0.506 e. The molecule has 2 rings (SSSR count). The van der Waals surface area contributed by atoms with Gasteiger partial charge < -0.3 is 29.2 Å². The monoisotopic (exact) mass is 334 g/mol. The molecule has 0 bridgehead atoms. The molecule has 8 nitrogen and oxygen atoms in total. The van der Waals surface area contributed by atoms with Crippen molar-refractivity contribution in [3.63, 3.8) is 0 Å². The molecule has 128 valence electrons. The molecule has 0 fully saturated rings. The first-order valence-electron chi connectivity index (χ1n) is 6.87. The van der Waals surface area contributed by atoms with E-state index in [1.54, 1.807) is 18.2 Å². The van der Waals surface area contributed by atoms with Crippen LogP contribution in [-0.2, 0) is 0 Å².